The summed E-state index contributed by atoms with van der Waals surface area (Å²) in [6, 6.07) is 5.91. The van der Waals surface area contributed by atoms with Crippen LogP contribution in [0.4, 0.5) is 4.39 Å². The molecule has 0 aliphatic carbocycles. The molecule has 1 saturated heterocycles. The molecule has 2 rings (SSSR count). The Balaban J connectivity index is 1.97. The van der Waals surface area contributed by atoms with Crippen molar-refractivity contribution in [2.75, 3.05) is 19.6 Å². The molecule has 1 aromatic rings. The maximum Gasteiger partial charge on any atom is 0.126 e. The van der Waals surface area contributed by atoms with Crippen LogP contribution in [0, 0.1) is 18.7 Å². The Morgan fingerprint density at radius 1 is 1.37 bits per heavy atom. The second kappa shape index (κ2) is 6.49. The maximum absolute atomic E-state index is 13.6. The number of aryl methyl sites for hydroxylation is 1. The van der Waals surface area contributed by atoms with E-state index in [2.05, 4.69) is 17.9 Å². The fraction of sp³-hybridized carbons (Fsp3) is 0.625. The Kier molecular flexibility index (Phi) is 4.94. The number of hydrogen-bond donors (Lipinski definition) is 1. The predicted octanol–water partition coefficient (Wildman–Crippen LogP) is 3.26. The van der Waals surface area contributed by atoms with Crippen molar-refractivity contribution in [1.82, 2.24) is 4.90 Å². The van der Waals surface area contributed by atoms with Crippen molar-refractivity contribution in [1.29, 1.82) is 0 Å². The molecule has 1 unspecified atom stereocenters. The van der Waals surface area contributed by atoms with E-state index in [0.717, 1.165) is 43.1 Å². The van der Waals surface area contributed by atoms with E-state index in [1.54, 1.807) is 6.07 Å². The van der Waals surface area contributed by atoms with E-state index in [-0.39, 0.29) is 5.82 Å². The molecule has 1 heterocycles. The molecule has 3 heteroatoms. The van der Waals surface area contributed by atoms with Gasteiger partial charge in [0.05, 0.1) is 0 Å². The average Bonchev–Trinajstić information content (AvgIpc) is 2.42. The quantitative estimate of drug-likeness (QED) is 0.904. The Hall–Kier alpha value is -0.930. The highest BCUT2D eigenvalue weighted by atomic mass is 19.1. The van der Waals surface area contributed by atoms with Gasteiger partial charge in [0, 0.05) is 6.04 Å². The van der Waals surface area contributed by atoms with Crippen LogP contribution in [0.2, 0.25) is 0 Å². The van der Waals surface area contributed by atoms with E-state index in [1.165, 1.54) is 12.8 Å². The predicted molar refractivity (Wildman–Crippen MR) is 77.5 cm³/mol. The van der Waals surface area contributed by atoms with Gasteiger partial charge >= 0.3 is 0 Å². The Morgan fingerprint density at radius 2 is 2.05 bits per heavy atom. The number of rotatable bonds is 4. The summed E-state index contributed by atoms with van der Waals surface area (Å²) in [4.78, 5) is 2.46. The highest BCUT2D eigenvalue weighted by molar-refractivity contribution is 5.25. The van der Waals surface area contributed by atoms with Gasteiger partial charge in [-0.15, -0.1) is 0 Å². The SMILES string of the molecule is Cc1ccc(C(C)N2CCC(CCN)CC2)cc1F. The molecule has 19 heavy (non-hydrogen) atoms. The summed E-state index contributed by atoms with van der Waals surface area (Å²) < 4.78 is 13.6. The molecule has 0 radical (unpaired) electrons. The molecule has 106 valence electrons. The van der Waals surface area contributed by atoms with Crippen LogP contribution >= 0.6 is 0 Å². The minimum atomic E-state index is -0.0950. The van der Waals surface area contributed by atoms with Gasteiger partial charge < -0.3 is 5.73 Å². The van der Waals surface area contributed by atoms with E-state index in [1.807, 2.05) is 13.0 Å². The molecule has 1 aliphatic rings. The van der Waals surface area contributed by atoms with Crippen LogP contribution in [0.25, 0.3) is 0 Å². The van der Waals surface area contributed by atoms with E-state index in [4.69, 9.17) is 5.73 Å². The normalized spacial score (nSPS) is 19.6. The van der Waals surface area contributed by atoms with Crippen molar-refractivity contribution in [3.05, 3.63) is 35.1 Å². The van der Waals surface area contributed by atoms with E-state index in [0.29, 0.717) is 6.04 Å². The van der Waals surface area contributed by atoms with Crippen LogP contribution in [-0.2, 0) is 0 Å². The summed E-state index contributed by atoms with van der Waals surface area (Å²) in [6.07, 6.45) is 3.58. The topological polar surface area (TPSA) is 29.3 Å². The summed E-state index contributed by atoms with van der Waals surface area (Å²) in [6.45, 7) is 6.97. The van der Waals surface area contributed by atoms with Gasteiger partial charge in [-0.05, 0) is 75.9 Å². The zero-order valence-corrected chi connectivity index (χ0v) is 12.0. The summed E-state index contributed by atoms with van der Waals surface area (Å²) in [5.74, 6) is 0.686. The monoisotopic (exact) mass is 264 g/mol. The first-order valence-electron chi connectivity index (χ1n) is 7.32. The van der Waals surface area contributed by atoms with Crippen LogP contribution in [0.1, 0.15) is 43.4 Å². The lowest BCUT2D eigenvalue weighted by Gasteiger charge is -2.36. The molecule has 1 aliphatic heterocycles. The number of halogens is 1. The van der Waals surface area contributed by atoms with Crippen molar-refractivity contribution in [3.63, 3.8) is 0 Å². The molecular weight excluding hydrogens is 239 g/mol. The first-order chi connectivity index (χ1) is 9.11. The van der Waals surface area contributed by atoms with Gasteiger partial charge in [-0.25, -0.2) is 4.39 Å². The van der Waals surface area contributed by atoms with Gasteiger partial charge in [0.2, 0.25) is 0 Å². The highest BCUT2D eigenvalue weighted by Gasteiger charge is 2.23. The minimum absolute atomic E-state index is 0.0950. The number of piperidine rings is 1. The van der Waals surface area contributed by atoms with E-state index < -0.39 is 0 Å². The highest BCUT2D eigenvalue weighted by Crippen LogP contribution is 2.28. The minimum Gasteiger partial charge on any atom is -0.330 e. The third kappa shape index (κ3) is 3.54. The molecule has 2 nitrogen and oxygen atoms in total. The third-order valence-corrected chi connectivity index (χ3v) is 4.45. The standard InChI is InChI=1S/C16H25FN2/c1-12-3-4-15(11-16(12)17)13(2)19-9-6-14(5-8-18)7-10-19/h3-4,11,13-14H,5-10,18H2,1-2H3. The number of nitrogens with two attached hydrogens (primary N) is 1. The average molecular weight is 264 g/mol. The van der Waals surface area contributed by atoms with Gasteiger partial charge in [0.1, 0.15) is 5.82 Å². The largest absolute Gasteiger partial charge is 0.330 e. The molecule has 0 aromatic heterocycles. The van der Waals surface area contributed by atoms with Crippen LogP contribution in [-0.4, -0.2) is 24.5 Å². The zero-order valence-electron chi connectivity index (χ0n) is 12.0. The lowest BCUT2D eigenvalue weighted by atomic mass is 9.92. The Labute approximate surface area is 115 Å². The zero-order chi connectivity index (χ0) is 13.8. The lowest BCUT2D eigenvalue weighted by molar-refractivity contribution is 0.138. The molecule has 2 N–H and O–H groups in total. The van der Waals surface area contributed by atoms with Gasteiger partial charge in [-0.1, -0.05) is 12.1 Å². The van der Waals surface area contributed by atoms with Crippen LogP contribution in [0.15, 0.2) is 18.2 Å². The number of benzene rings is 1. The smallest absolute Gasteiger partial charge is 0.126 e. The van der Waals surface area contributed by atoms with Crippen molar-refractivity contribution in [2.24, 2.45) is 11.7 Å². The second-order valence-corrected chi connectivity index (χ2v) is 5.74. The number of likely N-dealkylation sites (tertiary alicyclic amines) is 1. The Bertz CT molecular complexity index is 411. The summed E-state index contributed by atoms with van der Waals surface area (Å²) in [7, 11) is 0. The molecule has 0 amide bonds. The lowest BCUT2D eigenvalue weighted by Crippen LogP contribution is -2.36. The molecule has 1 fully saturated rings. The molecule has 1 aromatic carbocycles. The van der Waals surface area contributed by atoms with Crippen LogP contribution in [0.5, 0.6) is 0 Å². The van der Waals surface area contributed by atoms with Crippen LogP contribution in [0.3, 0.4) is 0 Å². The van der Waals surface area contributed by atoms with Gasteiger partial charge in [-0.3, -0.25) is 4.90 Å². The first kappa shape index (κ1) is 14.5. The van der Waals surface area contributed by atoms with Crippen LogP contribution < -0.4 is 5.73 Å². The van der Waals surface area contributed by atoms with Crippen molar-refractivity contribution in [2.45, 2.75) is 39.2 Å². The maximum atomic E-state index is 13.6. The molecule has 0 spiro atoms. The Morgan fingerprint density at radius 3 is 2.63 bits per heavy atom. The van der Waals surface area contributed by atoms with E-state index >= 15 is 0 Å². The van der Waals surface area contributed by atoms with Crippen molar-refractivity contribution >= 4 is 0 Å². The number of nitrogens with zero attached hydrogens (tertiary/aromatic N) is 1. The van der Waals surface area contributed by atoms with E-state index in [9.17, 15) is 4.39 Å². The molecule has 1 atom stereocenters. The third-order valence-electron chi connectivity index (χ3n) is 4.45. The van der Waals surface area contributed by atoms with Gasteiger partial charge in [0.15, 0.2) is 0 Å². The second-order valence-electron chi connectivity index (χ2n) is 5.74. The first-order valence-corrected chi connectivity index (χ1v) is 7.32. The summed E-state index contributed by atoms with van der Waals surface area (Å²) in [5, 5.41) is 0. The van der Waals surface area contributed by atoms with Gasteiger partial charge in [0.25, 0.3) is 0 Å². The fourth-order valence-electron chi connectivity index (χ4n) is 2.94. The molecule has 0 bridgehead atoms. The van der Waals surface area contributed by atoms with Crippen molar-refractivity contribution in [3.8, 4) is 0 Å². The number of hydrogen-bond acceptors (Lipinski definition) is 2. The molecular formula is C16H25FN2. The summed E-state index contributed by atoms with van der Waals surface area (Å²) in [5.41, 5.74) is 7.42. The summed E-state index contributed by atoms with van der Waals surface area (Å²) >= 11 is 0. The fourth-order valence-corrected chi connectivity index (χ4v) is 2.94. The van der Waals surface area contributed by atoms with Crippen molar-refractivity contribution < 1.29 is 4.39 Å². The van der Waals surface area contributed by atoms with Gasteiger partial charge in [-0.2, -0.15) is 0 Å². The molecule has 0 saturated carbocycles.